The molecular formula is C18H32N4O3. The van der Waals surface area contributed by atoms with Crippen LogP contribution in [0.5, 0.6) is 0 Å². The maximum absolute atomic E-state index is 11.6. The second kappa shape index (κ2) is 9.17. The average Bonchev–Trinajstić information content (AvgIpc) is 2.99. The molecule has 1 saturated carbocycles. The van der Waals surface area contributed by atoms with E-state index in [0.717, 1.165) is 18.7 Å². The fourth-order valence-electron chi connectivity index (χ4n) is 3.10. The van der Waals surface area contributed by atoms with E-state index in [9.17, 15) is 4.79 Å². The highest BCUT2D eigenvalue weighted by Crippen LogP contribution is 2.26. The molecule has 1 aromatic rings. The van der Waals surface area contributed by atoms with Crippen molar-refractivity contribution in [3.05, 3.63) is 11.7 Å². The smallest absolute Gasteiger partial charge is 0.407 e. The number of hydrogen-bond acceptors (Lipinski definition) is 6. The van der Waals surface area contributed by atoms with E-state index in [1.165, 1.54) is 32.1 Å². The van der Waals surface area contributed by atoms with Crippen LogP contribution in [-0.2, 0) is 11.2 Å². The van der Waals surface area contributed by atoms with Gasteiger partial charge in [0.1, 0.15) is 5.60 Å². The van der Waals surface area contributed by atoms with Crippen LogP contribution in [-0.4, -0.2) is 28.4 Å². The molecule has 0 radical (unpaired) electrons. The first kappa shape index (κ1) is 19.7. The van der Waals surface area contributed by atoms with Crippen LogP contribution in [0, 0.1) is 5.92 Å². The van der Waals surface area contributed by atoms with Gasteiger partial charge in [0, 0.05) is 13.0 Å². The van der Waals surface area contributed by atoms with E-state index in [2.05, 4.69) is 15.5 Å². The van der Waals surface area contributed by atoms with Gasteiger partial charge in [0.15, 0.2) is 5.82 Å². The van der Waals surface area contributed by atoms with Crippen LogP contribution in [0.15, 0.2) is 4.52 Å². The molecule has 0 aromatic carbocycles. The number of rotatable bonds is 7. The summed E-state index contributed by atoms with van der Waals surface area (Å²) in [7, 11) is 0. The molecule has 0 spiro atoms. The fourth-order valence-corrected chi connectivity index (χ4v) is 3.10. The van der Waals surface area contributed by atoms with Crippen molar-refractivity contribution in [1.29, 1.82) is 0 Å². The summed E-state index contributed by atoms with van der Waals surface area (Å²) in [6.07, 6.45) is 8.33. The first-order valence-electron chi connectivity index (χ1n) is 9.38. The Morgan fingerprint density at radius 2 is 2.08 bits per heavy atom. The fraction of sp³-hybridized carbons (Fsp3) is 0.833. The molecule has 7 heteroatoms. The zero-order valence-electron chi connectivity index (χ0n) is 15.7. The van der Waals surface area contributed by atoms with E-state index in [1.54, 1.807) is 0 Å². The second-order valence-corrected chi connectivity index (χ2v) is 7.93. The molecule has 1 heterocycles. The van der Waals surface area contributed by atoms with Crippen LogP contribution in [0.4, 0.5) is 4.79 Å². The van der Waals surface area contributed by atoms with E-state index < -0.39 is 11.7 Å². The number of nitrogens with one attached hydrogen (secondary N) is 1. The van der Waals surface area contributed by atoms with Gasteiger partial charge in [0.2, 0.25) is 5.89 Å². The SMILES string of the molecule is CC(C)(C)OC(=O)NCCCC(N)c1nc(CC2CCCCC2)no1. The molecule has 1 amide bonds. The number of ether oxygens (including phenoxy) is 1. The monoisotopic (exact) mass is 352 g/mol. The van der Waals surface area contributed by atoms with Crippen molar-refractivity contribution >= 4 is 6.09 Å². The Balaban J connectivity index is 1.67. The van der Waals surface area contributed by atoms with Gasteiger partial charge in [-0.1, -0.05) is 37.3 Å². The van der Waals surface area contributed by atoms with Crippen LogP contribution in [0.2, 0.25) is 0 Å². The lowest BCUT2D eigenvalue weighted by molar-refractivity contribution is 0.0526. The molecule has 1 aliphatic carbocycles. The Morgan fingerprint density at radius 3 is 2.76 bits per heavy atom. The van der Waals surface area contributed by atoms with Gasteiger partial charge in [-0.25, -0.2) is 4.79 Å². The summed E-state index contributed by atoms with van der Waals surface area (Å²) in [6, 6.07) is -0.298. The van der Waals surface area contributed by atoms with Crippen molar-refractivity contribution in [1.82, 2.24) is 15.5 Å². The topological polar surface area (TPSA) is 103 Å². The zero-order chi connectivity index (χ0) is 18.3. The van der Waals surface area contributed by atoms with Crippen LogP contribution in [0.25, 0.3) is 0 Å². The van der Waals surface area contributed by atoms with Crippen molar-refractivity contribution in [2.75, 3.05) is 6.54 Å². The summed E-state index contributed by atoms with van der Waals surface area (Å²) in [6.45, 7) is 6.01. The minimum Gasteiger partial charge on any atom is -0.444 e. The number of amides is 1. The lowest BCUT2D eigenvalue weighted by atomic mass is 9.87. The summed E-state index contributed by atoms with van der Waals surface area (Å²) < 4.78 is 10.5. The molecule has 1 aromatic heterocycles. The summed E-state index contributed by atoms with van der Waals surface area (Å²) in [4.78, 5) is 16.0. The minimum atomic E-state index is -0.487. The molecule has 0 bridgehead atoms. The highest BCUT2D eigenvalue weighted by Gasteiger charge is 2.20. The molecule has 1 aliphatic rings. The zero-order valence-corrected chi connectivity index (χ0v) is 15.7. The Labute approximate surface area is 150 Å². The largest absolute Gasteiger partial charge is 0.444 e. The molecule has 7 nitrogen and oxygen atoms in total. The number of carbonyl (C=O) groups excluding carboxylic acids is 1. The van der Waals surface area contributed by atoms with E-state index in [1.807, 2.05) is 20.8 Å². The first-order chi connectivity index (χ1) is 11.8. The third kappa shape index (κ3) is 7.42. The Hall–Kier alpha value is -1.63. The minimum absolute atomic E-state index is 0.298. The highest BCUT2D eigenvalue weighted by atomic mass is 16.6. The summed E-state index contributed by atoms with van der Waals surface area (Å²) in [5, 5.41) is 6.79. The molecule has 2 rings (SSSR count). The summed E-state index contributed by atoms with van der Waals surface area (Å²) in [5.41, 5.74) is 5.63. The van der Waals surface area contributed by atoms with E-state index in [0.29, 0.717) is 24.8 Å². The first-order valence-corrected chi connectivity index (χ1v) is 9.38. The molecular weight excluding hydrogens is 320 g/mol. The van der Waals surface area contributed by atoms with Crippen molar-refractivity contribution in [3.63, 3.8) is 0 Å². The van der Waals surface area contributed by atoms with Crippen molar-refractivity contribution in [2.24, 2.45) is 11.7 Å². The Kier molecular flexibility index (Phi) is 7.23. The van der Waals surface area contributed by atoms with Gasteiger partial charge in [-0.15, -0.1) is 0 Å². The predicted octanol–water partition coefficient (Wildman–Crippen LogP) is 3.50. The Bertz CT molecular complexity index is 533. The summed E-state index contributed by atoms with van der Waals surface area (Å²) in [5.74, 6) is 1.93. The molecule has 0 aliphatic heterocycles. The van der Waals surface area contributed by atoms with Gasteiger partial charge in [-0.2, -0.15) is 4.98 Å². The quantitative estimate of drug-likeness (QED) is 0.728. The molecule has 1 unspecified atom stereocenters. The van der Waals surface area contributed by atoms with Crippen molar-refractivity contribution in [2.45, 2.75) is 83.8 Å². The standard InChI is InChI=1S/C18H32N4O3/c1-18(2,3)24-17(23)20-11-7-10-14(19)16-21-15(22-25-16)12-13-8-5-4-6-9-13/h13-14H,4-12,19H2,1-3H3,(H,20,23). The second-order valence-electron chi connectivity index (χ2n) is 7.93. The van der Waals surface area contributed by atoms with Gasteiger partial charge in [-0.05, 0) is 39.5 Å². The van der Waals surface area contributed by atoms with Gasteiger partial charge in [-0.3, -0.25) is 0 Å². The van der Waals surface area contributed by atoms with Gasteiger partial charge < -0.3 is 20.3 Å². The average molecular weight is 352 g/mol. The molecule has 0 saturated heterocycles. The van der Waals surface area contributed by atoms with E-state index in [4.69, 9.17) is 15.0 Å². The number of carbonyl (C=O) groups is 1. The molecule has 1 fully saturated rings. The van der Waals surface area contributed by atoms with Crippen LogP contribution in [0.1, 0.15) is 83.5 Å². The maximum Gasteiger partial charge on any atom is 0.407 e. The molecule has 3 N–H and O–H groups in total. The summed E-state index contributed by atoms with van der Waals surface area (Å²) >= 11 is 0. The number of hydrogen-bond donors (Lipinski definition) is 2. The van der Waals surface area contributed by atoms with Gasteiger partial charge in [0.05, 0.1) is 6.04 Å². The van der Waals surface area contributed by atoms with Crippen molar-refractivity contribution < 1.29 is 14.1 Å². The van der Waals surface area contributed by atoms with Crippen molar-refractivity contribution in [3.8, 4) is 0 Å². The third-order valence-corrected chi connectivity index (χ3v) is 4.36. The maximum atomic E-state index is 11.6. The highest BCUT2D eigenvalue weighted by molar-refractivity contribution is 5.67. The molecule has 142 valence electrons. The number of nitrogens with zero attached hydrogens (tertiary/aromatic N) is 2. The number of alkyl carbamates (subject to hydrolysis) is 1. The number of aromatic nitrogens is 2. The lowest BCUT2D eigenvalue weighted by Gasteiger charge is -2.19. The van der Waals surface area contributed by atoms with Crippen LogP contribution >= 0.6 is 0 Å². The lowest BCUT2D eigenvalue weighted by Crippen LogP contribution is -2.33. The number of nitrogens with two attached hydrogens (primary N) is 1. The van der Waals surface area contributed by atoms with Crippen LogP contribution in [0.3, 0.4) is 0 Å². The van der Waals surface area contributed by atoms with E-state index in [-0.39, 0.29) is 6.04 Å². The Morgan fingerprint density at radius 1 is 1.36 bits per heavy atom. The molecule has 25 heavy (non-hydrogen) atoms. The normalized spacial score (nSPS) is 17.3. The van der Waals surface area contributed by atoms with Crippen LogP contribution < -0.4 is 11.1 Å². The third-order valence-electron chi connectivity index (χ3n) is 4.36. The van der Waals surface area contributed by atoms with E-state index >= 15 is 0 Å². The van der Waals surface area contributed by atoms with Gasteiger partial charge >= 0.3 is 6.09 Å². The molecule has 1 atom stereocenters. The predicted molar refractivity (Wildman–Crippen MR) is 95.0 cm³/mol. The van der Waals surface area contributed by atoms with Gasteiger partial charge in [0.25, 0.3) is 0 Å².